The molecule has 1 N–H and O–H groups in total. The van der Waals surface area contributed by atoms with E-state index >= 15 is 0 Å². The van der Waals surface area contributed by atoms with Crippen LogP contribution >= 0.6 is 0 Å². The third kappa shape index (κ3) is 4.19. The first kappa shape index (κ1) is 13.7. The van der Waals surface area contributed by atoms with Gasteiger partial charge in [0.05, 0.1) is 6.61 Å². The van der Waals surface area contributed by atoms with Crippen LogP contribution in [0.4, 0.5) is 11.8 Å². The van der Waals surface area contributed by atoms with E-state index in [0.29, 0.717) is 18.6 Å². The summed E-state index contributed by atoms with van der Waals surface area (Å²) in [5, 5.41) is 3.12. The Labute approximate surface area is 103 Å². The van der Waals surface area contributed by atoms with Crippen LogP contribution in [0.3, 0.4) is 0 Å². The van der Waals surface area contributed by atoms with Crippen molar-refractivity contribution >= 4 is 11.8 Å². The van der Waals surface area contributed by atoms with Crippen LogP contribution in [0.5, 0.6) is 0 Å². The highest BCUT2D eigenvalue weighted by atomic mass is 16.5. The predicted molar refractivity (Wildman–Crippen MR) is 70.6 cm³/mol. The van der Waals surface area contributed by atoms with Crippen LogP contribution in [-0.2, 0) is 4.74 Å². The highest BCUT2D eigenvalue weighted by molar-refractivity contribution is 5.43. The predicted octanol–water partition coefficient (Wildman–Crippen LogP) is 1.77. The van der Waals surface area contributed by atoms with E-state index in [2.05, 4.69) is 34.0 Å². The summed E-state index contributed by atoms with van der Waals surface area (Å²) in [5.41, 5.74) is 0. The van der Waals surface area contributed by atoms with Crippen LogP contribution < -0.4 is 10.2 Å². The van der Waals surface area contributed by atoms with Crippen molar-refractivity contribution in [3.05, 3.63) is 12.3 Å². The van der Waals surface area contributed by atoms with Crippen LogP contribution in [-0.4, -0.2) is 42.8 Å². The Balaban J connectivity index is 2.81. The molecule has 0 fully saturated rings. The zero-order chi connectivity index (χ0) is 12.7. The topological polar surface area (TPSA) is 50.3 Å². The second-order valence-electron chi connectivity index (χ2n) is 4.05. The number of aromatic nitrogens is 2. The molecule has 0 aliphatic rings. The Morgan fingerprint density at radius 1 is 1.47 bits per heavy atom. The van der Waals surface area contributed by atoms with Gasteiger partial charge in [-0.1, -0.05) is 0 Å². The lowest BCUT2D eigenvalue weighted by Crippen LogP contribution is -2.34. The van der Waals surface area contributed by atoms with E-state index in [1.54, 1.807) is 13.3 Å². The van der Waals surface area contributed by atoms with Crippen molar-refractivity contribution in [2.24, 2.45) is 0 Å². The average Bonchev–Trinajstić information content (AvgIpc) is 2.30. The fourth-order valence-electron chi connectivity index (χ4n) is 1.58. The molecule has 0 aliphatic heterocycles. The van der Waals surface area contributed by atoms with Gasteiger partial charge in [0.2, 0.25) is 5.95 Å². The van der Waals surface area contributed by atoms with Gasteiger partial charge in [0.15, 0.2) is 0 Å². The van der Waals surface area contributed by atoms with Crippen LogP contribution in [0.2, 0.25) is 0 Å². The van der Waals surface area contributed by atoms with Gasteiger partial charge in [-0.2, -0.15) is 4.98 Å². The molecule has 0 amide bonds. The van der Waals surface area contributed by atoms with E-state index in [1.807, 2.05) is 13.0 Å². The normalized spacial score (nSPS) is 10.6. The Morgan fingerprint density at radius 2 is 2.24 bits per heavy atom. The monoisotopic (exact) mass is 238 g/mol. The molecule has 0 unspecified atom stereocenters. The fraction of sp³-hybridized carbons (Fsp3) is 0.667. The maximum atomic E-state index is 5.12. The first-order valence-electron chi connectivity index (χ1n) is 6.01. The second kappa shape index (κ2) is 7.06. The number of nitrogens with zero attached hydrogens (tertiary/aromatic N) is 3. The van der Waals surface area contributed by atoms with E-state index in [9.17, 15) is 0 Å². The minimum atomic E-state index is 0.384. The van der Waals surface area contributed by atoms with E-state index in [0.717, 1.165) is 18.9 Å². The van der Waals surface area contributed by atoms with Gasteiger partial charge in [0, 0.05) is 32.4 Å². The lowest BCUT2D eigenvalue weighted by Gasteiger charge is -2.27. The van der Waals surface area contributed by atoms with Crippen LogP contribution in [0.1, 0.15) is 20.8 Å². The molecule has 5 heteroatoms. The Morgan fingerprint density at radius 3 is 2.82 bits per heavy atom. The lowest BCUT2D eigenvalue weighted by atomic mass is 10.3. The molecule has 0 aliphatic carbocycles. The summed E-state index contributed by atoms with van der Waals surface area (Å²) in [6.07, 6.45) is 1.78. The van der Waals surface area contributed by atoms with Gasteiger partial charge in [-0.05, 0) is 26.8 Å². The summed E-state index contributed by atoms with van der Waals surface area (Å²) in [4.78, 5) is 10.9. The molecule has 1 heterocycles. The highest BCUT2D eigenvalue weighted by Crippen LogP contribution is 2.14. The number of nitrogens with one attached hydrogen (secondary N) is 1. The molecule has 0 radical (unpaired) electrons. The molecule has 0 aromatic carbocycles. The minimum absolute atomic E-state index is 0.384. The van der Waals surface area contributed by atoms with Gasteiger partial charge in [0.25, 0.3) is 0 Å². The van der Waals surface area contributed by atoms with Gasteiger partial charge in [-0.15, -0.1) is 0 Å². The number of methoxy groups -OCH3 is 1. The largest absolute Gasteiger partial charge is 0.383 e. The van der Waals surface area contributed by atoms with Gasteiger partial charge in [-0.25, -0.2) is 4.98 Å². The van der Waals surface area contributed by atoms with E-state index < -0.39 is 0 Å². The second-order valence-corrected chi connectivity index (χ2v) is 4.05. The summed E-state index contributed by atoms with van der Waals surface area (Å²) in [7, 11) is 1.71. The molecule has 0 saturated carbocycles. The smallest absolute Gasteiger partial charge is 0.224 e. The summed E-state index contributed by atoms with van der Waals surface area (Å²) in [6, 6.07) is 2.31. The van der Waals surface area contributed by atoms with Gasteiger partial charge in [0.1, 0.15) is 5.82 Å². The van der Waals surface area contributed by atoms with Crippen molar-refractivity contribution in [3.8, 4) is 0 Å². The van der Waals surface area contributed by atoms with E-state index in [-0.39, 0.29) is 0 Å². The van der Waals surface area contributed by atoms with Crippen molar-refractivity contribution in [3.63, 3.8) is 0 Å². The van der Waals surface area contributed by atoms with E-state index in [1.165, 1.54) is 0 Å². The number of hydrogen-bond donors (Lipinski definition) is 1. The molecule has 0 atom stereocenters. The first-order valence-corrected chi connectivity index (χ1v) is 6.01. The maximum absolute atomic E-state index is 5.12. The molecule has 0 saturated heterocycles. The summed E-state index contributed by atoms with van der Waals surface area (Å²) >= 11 is 0. The van der Waals surface area contributed by atoms with Gasteiger partial charge in [-0.3, -0.25) is 0 Å². The van der Waals surface area contributed by atoms with Crippen molar-refractivity contribution in [1.82, 2.24) is 9.97 Å². The average molecular weight is 238 g/mol. The first-order chi connectivity index (χ1) is 8.19. The molecule has 1 aromatic heterocycles. The maximum Gasteiger partial charge on any atom is 0.224 e. The molecular weight excluding hydrogens is 216 g/mol. The Bertz CT molecular complexity index is 330. The Hall–Kier alpha value is -1.36. The number of hydrogen-bond acceptors (Lipinski definition) is 5. The molecule has 1 rings (SSSR count). The zero-order valence-electron chi connectivity index (χ0n) is 11.1. The SMILES string of the molecule is CCNc1nccc(N(CCOC)C(C)C)n1. The summed E-state index contributed by atoms with van der Waals surface area (Å²) in [5.74, 6) is 1.61. The molecule has 17 heavy (non-hydrogen) atoms. The van der Waals surface area contributed by atoms with Gasteiger partial charge >= 0.3 is 0 Å². The third-order valence-corrected chi connectivity index (χ3v) is 2.43. The van der Waals surface area contributed by atoms with Crippen molar-refractivity contribution in [2.75, 3.05) is 37.0 Å². The van der Waals surface area contributed by atoms with Crippen LogP contribution in [0.25, 0.3) is 0 Å². The van der Waals surface area contributed by atoms with Crippen molar-refractivity contribution in [2.45, 2.75) is 26.8 Å². The van der Waals surface area contributed by atoms with Crippen molar-refractivity contribution in [1.29, 1.82) is 0 Å². The van der Waals surface area contributed by atoms with Crippen LogP contribution in [0, 0.1) is 0 Å². The molecule has 5 nitrogen and oxygen atoms in total. The van der Waals surface area contributed by atoms with E-state index in [4.69, 9.17) is 4.74 Å². The summed E-state index contributed by atoms with van der Waals surface area (Å²) in [6.45, 7) is 8.66. The summed E-state index contributed by atoms with van der Waals surface area (Å²) < 4.78 is 5.12. The lowest BCUT2D eigenvalue weighted by molar-refractivity contribution is 0.203. The Kier molecular flexibility index (Phi) is 5.69. The molecule has 0 bridgehead atoms. The number of rotatable bonds is 7. The highest BCUT2D eigenvalue weighted by Gasteiger charge is 2.12. The minimum Gasteiger partial charge on any atom is -0.383 e. The molecular formula is C12H22N4O. The zero-order valence-corrected chi connectivity index (χ0v) is 11.1. The molecule has 0 spiro atoms. The number of ether oxygens (including phenoxy) is 1. The fourth-order valence-corrected chi connectivity index (χ4v) is 1.58. The quantitative estimate of drug-likeness (QED) is 0.784. The van der Waals surface area contributed by atoms with Gasteiger partial charge < -0.3 is 15.0 Å². The van der Waals surface area contributed by atoms with Crippen LogP contribution in [0.15, 0.2) is 12.3 Å². The molecule has 96 valence electrons. The number of anilines is 2. The molecule has 1 aromatic rings. The third-order valence-electron chi connectivity index (χ3n) is 2.43. The standard InChI is InChI=1S/C12H22N4O/c1-5-13-12-14-7-6-11(15-12)16(10(2)3)8-9-17-4/h6-7,10H,5,8-9H2,1-4H3,(H,13,14,15). The van der Waals surface area contributed by atoms with Crippen molar-refractivity contribution < 1.29 is 4.74 Å².